The van der Waals surface area contributed by atoms with E-state index >= 15 is 0 Å². The highest BCUT2D eigenvalue weighted by molar-refractivity contribution is 6.02. The first-order valence-corrected chi connectivity index (χ1v) is 9.23. The van der Waals surface area contributed by atoms with Crippen molar-refractivity contribution >= 4 is 11.9 Å². The van der Waals surface area contributed by atoms with Crippen LogP contribution in [0.25, 0.3) is 33.8 Å². The van der Waals surface area contributed by atoms with Crippen LogP contribution in [0.2, 0.25) is 0 Å². The van der Waals surface area contributed by atoms with Crippen molar-refractivity contribution in [1.82, 2.24) is 15.0 Å². The zero-order chi connectivity index (χ0) is 20.5. The maximum Gasteiger partial charge on any atom is 0.249 e. The van der Waals surface area contributed by atoms with Crippen LogP contribution in [0.5, 0.6) is 0 Å². The number of nitrogens with two attached hydrogens (primary N) is 2. The third kappa shape index (κ3) is 3.48. The van der Waals surface area contributed by atoms with Crippen LogP contribution in [0, 0.1) is 13.8 Å². The van der Waals surface area contributed by atoms with Crippen molar-refractivity contribution in [3.8, 4) is 33.8 Å². The zero-order valence-electron chi connectivity index (χ0n) is 16.2. The summed E-state index contributed by atoms with van der Waals surface area (Å²) in [5, 5.41) is 0. The molecule has 0 radical (unpaired) electrons. The summed E-state index contributed by atoms with van der Waals surface area (Å²) < 4.78 is 0. The molecular formula is C23H21N5O. The molecule has 0 fully saturated rings. The fraction of sp³-hybridized carbons (Fsp3) is 0.0870. The second kappa shape index (κ2) is 7.24. The smallest absolute Gasteiger partial charge is 0.249 e. The second-order valence-corrected chi connectivity index (χ2v) is 7.00. The van der Waals surface area contributed by atoms with Gasteiger partial charge in [0.05, 0.1) is 17.1 Å². The van der Waals surface area contributed by atoms with Crippen LogP contribution in [0.1, 0.15) is 21.5 Å². The maximum absolute atomic E-state index is 12.1. The molecule has 0 unspecified atom stereocenters. The lowest BCUT2D eigenvalue weighted by atomic mass is 9.94. The average molecular weight is 383 g/mol. The minimum absolute atomic E-state index is 0.199. The Morgan fingerprint density at radius 1 is 0.966 bits per heavy atom. The summed E-state index contributed by atoms with van der Waals surface area (Å²) in [6.07, 6.45) is 1.62. The topological polar surface area (TPSA) is 111 Å². The number of aryl methyl sites for hydroxylation is 2. The van der Waals surface area contributed by atoms with Crippen LogP contribution >= 0.6 is 0 Å². The predicted octanol–water partition coefficient (Wildman–Crippen LogP) is 4.10. The number of anilines is 1. The lowest BCUT2D eigenvalue weighted by Crippen LogP contribution is -2.12. The summed E-state index contributed by atoms with van der Waals surface area (Å²) in [7, 11) is 0. The van der Waals surface area contributed by atoms with E-state index in [0.717, 1.165) is 39.2 Å². The van der Waals surface area contributed by atoms with Gasteiger partial charge in [0.2, 0.25) is 11.9 Å². The Morgan fingerprint density at radius 2 is 1.76 bits per heavy atom. The Balaban J connectivity index is 2.01. The molecule has 1 amide bonds. The minimum Gasteiger partial charge on any atom is -0.368 e. The molecule has 0 aliphatic carbocycles. The number of benzene rings is 2. The van der Waals surface area contributed by atoms with Gasteiger partial charge in [-0.1, -0.05) is 35.9 Å². The van der Waals surface area contributed by atoms with Crippen molar-refractivity contribution in [3.05, 3.63) is 77.5 Å². The molecule has 2 aromatic heterocycles. The second-order valence-electron chi connectivity index (χ2n) is 7.00. The largest absolute Gasteiger partial charge is 0.368 e. The normalized spacial score (nSPS) is 10.8. The number of rotatable bonds is 4. The van der Waals surface area contributed by atoms with Crippen molar-refractivity contribution in [1.29, 1.82) is 0 Å². The van der Waals surface area contributed by atoms with Gasteiger partial charge in [0.1, 0.15) is 0 Å². The molecule has 0 spiro atoms. The zero-order valence-corrected chi connectivity index (χ0v) is 16.2. The molecule has 0 atom stereocenters. The van der Waals surface area contributed by atoms with E-state index in [-0.39, 0.29) is 5.95 Å². The lowest BCUT2D eigenvalue weighted by molar-refractivity contribution is 0.100. The molecule has 0 saturated carbocycles. The summed E-state index contributed by atoms with van der Waals surface area (Å²) in [6, 6.07) is 17.4. The first kappa shape index (κ1) is 18.4. The summed E-state index contributed by atoms with van der Waals surface area (Å²) in [6.45, 7) is 4.11. The Labute approximate surface area is 168 Å². The Hall–Kier alpha value is -3.93. The molecule has 5 N–H and O–H groups in total. The quantitative estimate of drug-likeness (QED) is 0.492. The fourth-order valence-corrected chi connectivity index (χ4v) is 3.48. The van der Waals surface area contributed by atoms with Crippen LogP contribution in [-0.4, -0.2) is 20.9 Å². The van der Waals surface area contributed by atoms with Gasteiger partial charge in [0.15, 0.2) is 0 Å². The molecule has 0 aliphatic rings. The molecule has 6 heteroatoms. The molecule has 2 aromatic carbocycles. The van der Waals surface area contributed by atoms with Crippen LogP contribution < -0.4 is 11.5 Å². The van der Waals surface area contributed by atoms with Gasteiger partial charge >= 0.3 is 0 Å². The SMILES string of the molecule is Cc1ccc(C)c(-c2[nH]c(-c3ccnc(N)n3)cc2-c2ccccc2C(N)=O)c1. The average Bonchev–Trinajstić information content (AvgIpc) is 3.15. The van der Waals surface area contributed by atoms with E-state index in [1.165, 1.54) is 0 Å². The lowest BCUT2D eigenvalue weighted by Gasteiger charge is -2.11. The van der Waals surface area contributed by atoms with Crippen LogP contribution in [0.3, 0.4) is 0 Å². The van der Waals surface area contributed by atoms with Gasteiger partial charge in [-0.05, 0) is 49.2 Å². The number of hydrogen-bond donors (Lipinski definition) is 3. The molecule has 6 nitrogen and oxygen atoms in total. The van der Waals surface area contributed by atoms with E-state index in [1.807, 2.05) is 18.2 Å². The first-order valence-electron chi connectivity index (χ1n) is 9.23. The van der Waals surface area contributed by atoms with Crippen LogP contribution in [0.15, 0.2) is 60.8 Å². The van der Waals surface area contributed by atoms with Gasteiger partial charge in [-0.2, -0.15) is 0 Å². The molecule has 144 valence electrons. The highest BCUT2D eigenvalue weighted by Gasteiger charge is 2.19. The molecule has 4 aromatic rings. The number of aromatic amines is 1. The predicted molar refractivity (Wildman–Crippen MR) is 115 cm³/mol. The van der Waals surface area contributed by atoms with Gasteiger partial charge in [-0.25, -0.2) is 9.97 Å². The number of nitrogens with one attached hydrogen (secondary N) is 1. The number of carbonyl (C=O) groups is 1. The highest BCUT2D eigenvalue weighted by atomic mass is 16.1. The summed E-state index contributed by atoms with van der Waals surface area (Å²) in [5.41, 5.74) is 19.2. The number of H-pyrrole nitrogens is 1. The van der Waals surface area contributed by atoms with Gasteiger partial charge in [0.25, 0.3) is 0 Å². The number of aromatic nitrogens is 3. The van der Waals surface area contributed by atoms with Gasteiger partial charge in [-0.15, -0.1) is 0 Å². The number of nitrogens with zero attached hydrogens (tertiary/aromatic N) is 2. The van der Waals surface area contributed by atoms with E-state index in [9.17, 15) is 4.79 Å². The molecule has 2 heterocycles. The molecule has 29 heavy (non-hydrogen) atoms. The first-order chi connectivity index (χ1) is 13.9. The van der Waals surface area contributed by atoms with E-state index in [1.54, 1.807) is 24.4 Å². The summed E-state index contributed by atoms with van der Waals surface area (Å²) in [5.74, 6) is -0.272. The molecular weight excluding hydrogens is 362 g/mol. The summed E-state index contributed by atoms with van der Waals surface area (Å²) >= 11 is 0. The third-order valence-corrected chi connectivity index (χ3v) is 4.91. The standard InChI is InChI=1S/C23H21N5O/c1-13-7-8-14(2)17(11-13)21-18(15-5-3-4-6-16(15)22(24)29)12-20(27-21)19-9-10-26-23(25)28-19/h3-12,27H,1-2H3,(H2,24,29)(H2,25,26,28). The molecule has 0 bridgehead atoms. The maximum atomic E-state index is 12.1. The van der Waals surface area contributed by atoms with Crippen molar-refractivity contribution in [3.63, 3.8) is 0 Å². The summed E-state index contributed by atoms with van der Waals surface area (Å²) in [4.78, 5) is 23.8. The number of amides is 1. The number of hydrogen-bond acceptors (Lipinski definition) is 4. The highest BCUT2D eigenvalue weighted by Crippen LogP contribution is 2.38. The van der Waals surface area contributed by atoms with E-state index in [4.69, 9.17) is 11.5 Å². The van der Waals surface area contributed by atoms with E-state index in [2.05, 4.69) is 47.0 Å². The van der Waals surface area contributed by atoms with E-state index in [0.29, 0.717) is 11.3 Å². The third-order valence-electron chi connectivity index (χ3n) is 4.91. The Kier molecular flexibility index (Phi) is 4.60. The van der Waals surface area contributed by atoms with E-state index < -0.39 is 5.91 Å². The van der Waals surface area contributed by atoms with Crippen LogP contribution in [-0.2, 0) is 0 Å². The number of carbonyl (C=O) groups excluding carboxylic acids is 1. The van der Waals surface area contributed by atoms with Crippen LogP contribution in [0.4, 0.5) is 5.95 Å². The Bertz CT molecular complexity index is 1230. The minimum atomic E-state index is -0.471. The van der Waals surface area contributed by atoms with Crippen molar-refractivity contribution in [2.75, 3.05) is 5.73 Å². The number of nitrogen functional groups attached to an aromatic ring is 1. The van der Waals surface area contributed by atoms with Crippen molar-refractivity contribution in [2.24, 2.45) is 5.73 Å². The van der Waals surface area contributed by atoms with Crippen molar-refractivity contribution in [2.45, 2.75) is 13.8 Å². The number of primary amides is 1. The fourth-order valence-electron chi connectivity index (χ4n) is 3.48. The van der Waals surface area contributed by atoms with Gasteiger partial charge in [-0.3, -0.25) is 4.79 Å². The van der Waals surface area contributed by atoms with Crippen molar-refractivity contribution < 1.29 is 4.79 Å². The molecule has 4 rings (SSSR count). The van der Waals surface area contributed by atoms with Gasteiger partial charge < -0.3 is 16.5 Å². The monoisotopic (exact) mass is 383 g/mol. The molecule has 0 saturated heterocycles. The van der Waals surface area contributed by atoms with Gasteiger partial charge in [0, 0.05) is 22.9 Å². The molecule has 0 aliphatic heterocycles. The Morgan fingerprint density at radius 3 is 2.52 bits per heavy atom.